The first-order valence-electron chi connectivity index (χ1n) is 5.25. The second-order valence-electron chi connectivity index (χ2n) is 3.60. The zero-order chi connectivity index (χ0) is 13.8. The number of rotatable bonds is 4. The molecule has 1 aromatic heterocycles. The lowest BCUT2D eigenvalue weighted by Gasteiger charge is -2.06. The van der Waals surface area contributed by atoms with Crippen molar-refractivity contribution >= 4 is 17.3 Å². The van der Waals surface area contributed by atoms with Crippen LogP contribution in [0.2, 0.25) is 5.15 Å². The molecule has 98 valence electrons. The molecule has 19 heavy (non-hydrogen) atoms. The van der Waals surface area contributed by atoms with Crippen LogP contribution in [0.3, 0.4) is 0 Å². The van der Waals surface area contributed by atoms with Gasteiger partial charge in [-0.05, 0) is 12.1 Å². The smallest absolute Gasteiger partial charge is 0.331 e. The van der Waals surface area contributed by atoms with Crippen molar-refractivity contribution in [1.82, 2.24) is 4.98 Å². The van der Waals surface area contributed by atoms with E-state index in [0.717, 1.165) is 0 Å². The fraction of sp³-hybridized carbons (Fsp3) is 0.0833. The average molecular weight is 283 g/mol. The number of hydrogen-bond donors (Lipinski definition) is 0. The van der Waals surface area contributed by atoms with Crippen molar-refractivity contribution in [3.8, 4) is 5.88 Å². The molecule has 0 amide bonds. The second kappa shape index (κ2) is 5.62. The van der Waals surface area contributed by atoms with Gasteiger partial charge in [-0.1, -0.05) is 29.8 Å². The summed E-state index contributed by atoms with van der Waals surface area (Å²) in [5.41, 5.74) is -0.0423. The van der Waals surface area contributed by atoms with Gasteiger partial charge in [-0.2, -0.15) is 4.98 Å². The van der Waals surface area contributed by atoms with Gasteiger partial charge in [-0.3, -0.25) is 10.1 Å². The number of nitrogens with zero attached hydrogens (tertiary/aromatic N) is 2. The standard InChI is InChI=1S/C12H8ClFN2O3/c13-11-6-5-10(16(17)18)12(15-11)19-7-8-3-1-2-4-9(8)14/h1-6H,7H2. The molecule has 1 heterocycles. The highest BCUT2D eigenvalue weighted by molar-refractivity contribution is 6.29. The first-order valence-corrected chi connectivity index (χ1v) is 5.63. The third-order valence-electron chi connectivity index (χ3n) is 2.33. The van der Waals surface area contributed by atoms with Crippen LogP contribution in [0.25, 0.3) is 0 Å². The number of pyridine rings is 1. The molecule has 0 radical (unpaired) electrons. The Morgan fingerprint density at radius 2 is 2.05 bits per heavy atom. The lowest BCUT2D eigenvalue weighted by Crippen LogP contribution is -2.02. The molecule has 0 aliphatic heterocycles. The molecule has 0 bridgehead atoms. The van der Waals surface area contributed by atoms with Crippen molar-refractivity contribution in [2.24, 2.45) is 0 Å². The Morgan fingerprint density at radius 3 is 2.74 bits per heavy atom. The minimum Gasteiger partial charge on any atom is -0.468 e. The van der Waals surface area contributed by atoms with Crippen molar-refractivity contribution in [2.75, 3.05) is 0 Å². The second-order valence-corrected chi connectivity index (χ2v) is 3.98. The van der Waals surface area contributed by atoms with E-state index in [1.165, 1.54) is 24.3 Å². The third kappa shape index (κ3) is 3.17. The molecule has 0 saturated carbocycles. The molecule has 2 rings (SSSR count). The van der Waals surface area contributed by atoms with Crippen LogP contribution in [0.15, 0.2) is 36.4 Å². The molecule has 0 saturated heterocycles. The molecule has 0 aliphatic rings. The Labute approximate surface area is 112 Å². The molecule has 2 aromatic rings. The Kier molecular flexibility index (Phi) is 3.91. The summed E-state index contributed by atoms with van der Waals surface area (Å²) < 4.78 is 18.5. The molecule has 0 spiro atoms. The topological polar surface area (TPSA) is 65.3 Å². The Hall–Kier alpha value is -2.21. The van der Waals surface area contributed by atoms with Gasteiger partial charge >= 0.3 is 5.69 Å². The molecule has 7 heteroatoms. The summed E-state index contributed by atoms with van der Waals surface area (Å²) in [5, 5.41) is 10.8. The SMILES string of the molecule is O=[N+]([O-])c1ccc(Cl)nc1OCc1ccccc1F. The quantitative estimate of drug-likeness (QED) is 0.490. The molecule has 0 atom stereocenters. The third-order valence-corrected chi connectivity index (χ3v) is 2.54. The van der Waals surface area contributed by atoms with Gasteiger partial charge in [-0.15, -0.1) is 0 Å². The number of halogens is 2. The maximum Gasteiger partial charge on any atom is 0.331 e. The van der Waals surface area contributed by atoms with Gasteiger partial charge in [0, 0.05) is 11.6 Å². The normalized spacial score (nSPS) is 10.2. The molecule has 1 aromatic carbocycles. The molecule has 0 N–H and O–H groups in total. The summed E-state index contributed by atoms with van der Waals surface area (Å²) in [5.74, 6) is -0.687. The van der Waals surface area contributed by atoms with Gasteiger partial charge in [0.05, 0.1) is 4.92 Å². The summed E-state index contributed by atoms with van der Waals surface area (Å²) in [4.78, 5) is 13.9. The van der Waals surface area contributed by atoms with E-state index < -0.39 is 10.7 Å². The fourth-order valence-electron chi connectivity index (χ4n) is 1.42. The number of aromatic nitrogens is 1. The van der Waals surface area contributed by atoms with Crippen molar-refractivity contribution in [3.63, 3.8) is 0 Å². The first kappa shape index (κ1) is 13.2. The van der Waals surface area contributed by atoms with Crippen LogP contribution in [0.5, 0.6) is 5.88 Å². The highest BCUT2D eigenvalue weighted by atomic mass is 35.5. The molecular formula is C12H8ClFN2O3. The van der Waals surface area contributed by atoms with Crippen LogP contribution in [0.1, 0.15) is 5.56 Å². The number of benzene rings is 1. The zero-order valence-corrected chi connectivity index (χ0v) is 10.3. The summed E-state index contributed by atoms with van der Waals surface area (Å²) in [6.07, 6.45) is 0. The van der Waals surface area contributed by atoms with Gasteiger partial charge in [0.15, 0.2) is 0 Å². The summed E-state index contributed by atoms with van der Waals surface area (Å²) in [6, 6.07) is 8.45. The lowest BCUT2D eigenvalue weighted by atomic mass is 10.2. The minimum absolute atomic E-state index is 0.0640. The van der Waals surface area contributed by atoms with Crippen LogP contribution in [0.4, 0.5) is 10.1 Å². The Morgan fingerprint density at radius 1 is 1.32 bits per heavy atom. The molecule has 0 fully saturated rings. The van der Waals surface area contributed by atoms with E-state index in [1.54, 1.807) is 12.1 Å². The largest absolute Gasteiger partial charge is 0.468 e. The van der Waals surface area contributed by atoms with E-state index in [0.29, 0.717) is 0 Å². The monoisotopic (exact) mass is 282 g/mol. The molecular weight excluding hydrogens is 275 g/mol. The number of nitro groups is 1. The Balaban J connectivity index is 2.22. The maximum atomic E-state index is 13.4. The van der Waals surface area contributed by atoms with Crippen LogP contribution < -0.4 is 4.74 Å². The maximum absolute atomic E-state index is 13.4. The molecule has 5 nitrogen and oxygen atoms in total. The van der Waals surface area contributed by atoms with Crippen LogP contribution in [0, 0.1) is 15.9 Å². The summed E-state index contributed by atoms with van der Waals surface area (Å²) in [6.45, 7) is -0.166. The predicted octanol–water partition coefficient (Wildman–Crippen LogP) is 3.36. The van der Waals surface area contributed by atoms with E-state index in [1.807, 2.05) is 0 Å². The van der Waals surface area contributed by atoms with Crippen LogP contribution >= 0.6 is 11.6 Å². The van der Waals surface area contributed by atoms with Crippen molar-refractivity contribution in [3.05, 3.63) is 63.0 Å². The Bertz CT molecular complexity index is 622. The zero-order valence-electron chi connectivity index (χ0n) is 9.55. The van der Waals surface area contributed by atoms with Crippen LogP contribution in [-0.4, -0.2) is 9.91 Å². The van der Waals surface area contributed by atoms with Gasteiger partial charge in [0.25, 0.3) is 5.88 Å². The van der Waals surface area contributed by atoms with E-state index in [9.17, 15) is 14.5 Å². The summed E-state index contributed by atoms with van der Waals surface area (Å²) >= 11 is 5.65. The van der Waals surface area contributed by atoms with Crippen LogP contribution in [-0.2, 0) is 6.61 Å². The molecule has 0 aliphatic carbocycles. The molecule has 0 unspecified atom stereocenters. The van der Waals surface area contributed by atoms with Gasteiger partial charge in [-0.25, -0.2) is 4.39 Å². The van der Waals surface area contributed by atoms with Crippen molar-refractivity contribution in [2.45, 2.75) is 6.61 Å². The van der Waals surface area contributed by atoms with Gasteiger partial charge in [0.1, 0.15) is 17.6 Å². The predicted molar refractivity (Wildman–Crippen MR) is 66.6 cm³/mol. The van der Waals surface area contributed by atoms with E-state index in [4.69, 9.17) is 16.3 Å². The fourth-order valence-corrected chi connectivity index (χ4v) is 1.56. The first-order chi connectivity index (χ1) is 9.08. The summed E-state index contributed by atoms with van der Waals surface area (Å²) in [7, 11) is 0. The number of ether oxygens (including phenoxy) is 1. The highest BCUT2D eigenvalue weighted by Crippen LogP contribution is 2.27. The van der Waals surface area contributed by atoms with E-state index >= 15 is 0 Å². The van der Waals surface area contributed by atoms with E-state index in [-0.39, 0.29) is 28.9 Å². The van der Waals surface area contributed by atoms with Crippen molar-refractivity contribution < 1.29 is 14.1 Å². The minimum atomic E-state index is -0.639. The van der Waals surface area contributed by atoms with Crippen molar-refractivity contribution in [1.29, 1.82) is 0 Å². The van der Waals surface area contributed by atoms with E-state index in [2.05, 4.69) is 4.98 Å². The highest BCUT2D eigenvalue weighted by Gasteiger charge is 2.17. The average Bonchev–Trinajstić information content (AvgIpc) is 2.37. The number of hydrogen-bond acceptors (Lipinski definition) is 4. The van der Waals surface area contributed by atoms with Gasteiger partial charge < -0.3 is 4.74 Å². The van der Waals surface area contributed by atoms with Gasteiger partial charge in [0.2, 0.25) is 0 Å². The lowest BCUT2D eigenvalue weighted by molar-refractivity contribution is -0.386.